The Hall–Kier alpha value is -3.46. The molecule has 0 spiro atoms. The standard InChI is InChI=1S/C20H18ClN3O6/c1-12(18(25)22(2)9-10-30-14-6-3-5-13(21)11-14)23-19(26)15-7-4-8-16(24(28)29)17(15)20(23)27/h3-8,11-12H,9-10H2,1-2H3/t12-/m0/s1. The number of amides is 3. The number of carbonyl (C=O) groups is 3. The Morgan fingerprint density at radius 2 is 1.93 bits per heavy atom. The summed E-state index contributed by atoms with van der Waals surface area (Å²) in [5.74, 6) is -1.54. The summed E-state index contributed by atoms with van der Waals surface area (Å²) in [6.07, 6.45) is 0. The van der Waals surface area contributed by atoms with Crippen molar-refractivity contribution in [2.75, 3.05) is 20.2 Å². The Balaban J connectivity index is 1.68. The maximum Gasteiger partial charge on any atom is 0.282 e. The molecule has 0 radical (unpaired) electrons. The average molecular weight is 432 g/mol. The number of fused-ring (bicyclic) bond motifs is 1. The number of nitro groups is 1. The van der Waals surface area contributed by atoms with Gasteiger partial charge in [-0.3, -0.25) is 29.4 Å². The second kappa shape index (κ2) is 8.50. The van der Waals surface area contributed by atoms with Gasteiger partial charge in [-0.25, -0.2) is 0 Å². The maximum absolute atomic E-state index is 12.8. The molecule has 3 amide bonds. The van der Waals surface area contributed by atoms with Crippen LogP contribution in [-0.2, 0) is 4.79 Å². The normalized spacial score (nSPS) is 13.8. The molecule has 0 bridgehead atoms. The van der Waals surface area contributed by atoms with Gasteiger partial charge in [0.05, 0.1) is 17.0 Å². The van der Waals surface area contributed by atoms with Crippen LogP contribution in [0.4, 0.5) is 5.69 Å². The summed E-state index contributed by atoms with van der Waals surface area (Å²) in [6, 6.07) is 9.49. The Bertz CT molecular complexity index is 1040. The second-order valence-corrected chi connectivity index (χ2v) is 7.12. The fourth-order valence-corrected chi connectivity index (χ4v) is 3.37. The molecule has 0 saturated carbocycles. The third kappa shape index (κ3) is 3.97. The Labute approximate surface area is 176 Å². The van der Waals surface area contributed by atoms with Crippen LogP contribution in [-0.4, -0.2) is 58.7 Å². The number of likely N-dealkylation sites (N-methyl/N-ethyl adjacent to an activating group) is 1. The molecule has 0 saturated heterocycles. The molecule has 1 aliphatic heterocycles. The van der Waals surface area contributed by atoms with Gasteiger partial charge in [0.2, 0.25) is 5.91 Å². The third-order valence-electron chi connectivity index (χ3n) is 4.73. The first-order valence-corrected chi connectivity index (χ1v) is 9.38. The average Bonchev–Trinajstić information content (AvgIpc) is 2.97. The van der Waals surface area contributed by atoms with E-state index in [2.05, 4.69) is 0 Å². The minimum Gasteiger partial charge on any atom is -0.492 e. The van der Waals surface area contributed by atoms with Gasteiger partial charge < -0.3 is 9.64 Å². The molecule has 0 aliphatic carbocycles. The smallest absolute Gasteiger partial charge is 0.282 e. The molecular weight excluding hydrogens is 414 g/mol. The number of benzene rings is 2. The lowest BCUT2D eigenvalue weighted by Crippen LogP contribution is -2.49. The van der Waals surface area contributed by atoms with E-state index in [4.69, 9.17) is 16.3 Å². The number of carbonyl (C=O) groups excluding carboxylic acids is 3. The monoisotopic (exact) mass is 431 g/mol. The number of nitrogens with zero attached hydrogens (tertiary/aromatic N) is 3. The molecule has 0 aromatic heterocycles. The molecule has 2 aromatic carbocycles. The van der Waals surface area contributed by atoms with Gasteiger partial charge in [-0.1, -0.05) is 23.7 Å². The summed E-state index contributed by atoms with van der Waals surface area (Å²) in [5.41, 5.74) is -0.837. The summed E-state index contributed by atoms with van der Waals surface area (Å²) in [5, 5.41) is 11.7. The zero-order valence-corrected chi connectivity index (χ0v) is 17.0. The van der Waals surface area contributed by atoms with E-state index < -0.39 is 34.4 Å². The van der Waals surface area contributed by atoms with Crippen LogP contribution >= 0.6 is 11.6 Å². The summed E-state index contributed by atoms with van der Waals surface area (Å²) < 4.78 is 5.55. The van der Waals surface area contributed by atoms with Crippen molar-refractivity contribution in [2.45, 2.75) is 13.0 Å². The van der Waals surface area contributed by atoms with Gasteiger partial charge in [0.25, 0.3) is 17.5 Å². The van der Waals surface area contributed by atoms with Crippen LogP contribution in [0, 0.1) is 10.1 Å². The van der Waals surface area contributed by atoms with Crippen LogP contribution in [0.3, 0.4) is 0 Å². The summed E-state index contributed by atoms with van der Waals surface area (Å²) in [4.78, 5) is 50.7. The van der Waals surface area contributed by atoms with Crippen molar-refractivity contribution in [3.8, 4) is 5.75 Å². The van der Waals surface area contributed by atoms with E-state index in [1.165, 1.54) is 31.0 Å². The molecule has 156 valence electrons. The van der Waals surface area contributed by atoms with E-state index in [-0.39, 0.29) is 24.3 Å². The van der Waals surface area contributed by atoms with Crippen LogP contribution in [0.5, 0.6) is 5.75 Å². The molecule has 0 fully saturated rings. The minimum absolute atomic E-state index is 0.0826. The first-order valence-electron chi connectivity index (χ1n) is 9.01. The molecule has 30 heavy (non-hydrogen) atoms. The number of ether oxygens (including phenoxy) is 1. The van der Waals surface area contributed by atoms with Crippen molar-refractivity contribution in [3.63, 3.8) is 0 Å². The highest BCUT2D eigenvalue weighted by Crippen LogP contribution is 2.32. The molecule has 0 N–H and O–H groups in total. The predicted molar refractivity (Wildman–Crippen MR) is 108 cm³/mol. The Morgan fingerprint density at radius 1 is 1.23 bits per heavy atom. The van der Waals surface area contributed by atoms with E-state index in [1.807, 2.05) is 0 Å². The number of hydrogen-bond donors (Lipinski definition) is 0. The number of hydrogen-bond acceptors (Lipinski definition) is 6. The highest BCUT2D eigenvalue weighted by atomic mass is 35.5. The van der Waals surface area contributed by atoms with Crippen molar-refractivity contribution < 1.29 is 24.0 Å². The highest BCUT2D eigenvalue weighted by Gasteiger charge is 2.45. The Kier molecular flexibility index (Phi) is 6.02. The molecule has 2 aromatic rings. The summed E-state index contributed by atoms with van der Waals surface area (Å²) >= 11 is 5.89. The van der Waals surface area contributed by atoms with Crippen molar-refractivity contribution >= 4 is 35.0 Å². The van der Waals surface area contributed by atoms with E-state index in [1.54, 1.807) is 24.3 Å². The molecule has 10 heteroatoms. The zero-order chi connectivity index (χ0) is 22.0. The van der Waals surface area contributed by atoms with Gasteiger partial charge in [0, 0.05) is 18.1 Å². The van der Waals surface area contributed by atoms with E-state index in [9.17, 15) is 24.5 Å². The molecule has 9 nitrogen and oxygen atoms in total. The SMILES string of the molecule is C[C@@H](C(=O)N(C)CCOc1cccc(Cl)c1)N1C(=O)c2cccc([N+](=O)[O-])c2C1=O. The van der Waals surface area contributed by atoms with Crippen molar-refractivity contribution in [3.05, 3.63) is 68.7 Å². The van der Waals surface area contributed by atoms with Crippen LogP contribution in [0.1, 0.15) is 27.6 Å². The number of halogens is 1. The van der Waals surface area contributed by atoms with Crippen LogP contribution < -0.4 is 4.74 Å². The molecule has 1 atom stereocenters. The molecule has 1 aliphatic rings. The van der Waals surface area contributed by atoms with E-state index in [0.29, 0.717) is 10.8 Å². The van der Waals surface area contributed by atoms with Gasteiger partial charge in [0.1, 0.15) is 24.0 Å². The zero-order valence-electron chi connectivity index (χ0n) is 16.2. The van der Waals surface area contributed by atoms with Crippen molar-refractivity contribution in [1.29, 1.82) is 0 Å². The fraction of sp³-hybridized carbons (Fsp3) is 0.250. The lowest BCUT2D eigenvalue weighted by Gasteiger charge is -2.26. The molecule has 3 rings (SSSR count). The van der Waals surface area contributed by atoms with Gasteiger partial charge in [0.15, 0.2) is 0 Å². The number of imide groups is 1. The Morgan fingerprint density at radius 3 is 2.60 bits per heavy atom. The molecule has 1 heterocycles. The van der Waals surface area contributed by atoms with Crippen LogP contribution in [0.15, 0.2) is 42.5 Å². The predicted octanol–water partition coefficient (Wildman–Crippen LogP) is 2.77. The first kappa shape index (κ1) is 21.3. The van der Waals surface area contributed by atoms with Crippen LogP contribution in [0.2, 0.25) is 5.02 Å². The number of nitro benzene ring substituents is 1. The van der Waals surface area contributed by atoms with Gasteiger partial charge in [-0.05, 0) is 31.2 Å². The quantitative estimate of drug-likeness (QED) is 0.378. The van der Waals surface area contributed by atoms with Gasteiger partial charge in [-0.2, -0.15) is 0 Å². The lowest BCUT2D eigenvalue weighted by molar-refractivity contribution is -0.385. The highest BCUT2D eigenvalue weighted by molar-refractivity contribution is 6.30. The van der Waals surface area contributed by atoms with Crippen LogP contribution in [0.25, 0.3) is 0 Å². The van der Waals surface area contributed by atoms with Gasteiger partial charge >= 0.3 is 0 Å². The number of rotatable bonds is 7. The summed E-state index contributed by atoms with van der Waals surface area (Å²) in [7, 11) is 1.51. The fourth-order valence-electron chi connectivity index (χ4n) is 3.19. The van der Waals surface area contributed by atoms with E-state index >= 15 is 0 Å². The molecular formula is C20H18ClN3O6. The largest absolute Gasteiger partial charge is 0.492 e. The first-order chi connectivity index (χ1) is 14.2. The minimum atomic E-state index is -1.13. The summed E-state index contributed by atoms with van der Waals surface area (Å²) in [6.45, 7) is 1.77. The maximum atomic E-state index is 12.8. The van der Waals surface area contributed by atoms with Crippen molar-refractivity contribution in [2.24, 2.45) is 0 Å². The molecule has 0 unspecified atom stereocenters. The van der Waals surface area contributed by atoms with Gasteiger partial charge in [-0.15, -0.1) is 0 Å². The van der Waals surface area contributed by atoms with E-state index in [0.717, 1.165) is 11.0 Å². The lowest BCUT2D eigenvalue weighted by atomic mass is 10.1. The third-order valence-corrected chi connectivity index (χ3v) is 4.97. The van der Waals surface area contributed by atoms with Crippen molar-refractivity contribution in [1.82, 2.24) is 9.80 Å². The second-order valence-electron chi connectivity index (χ2n) is 6.68. The topological polar surface area (TPSA) is 110 Å².